The van der Waals surface area contributed by atoms with E-state index in [9.17, 15) is 4.79 Å². The minimum Gasteiger partial charge on any atom is -0.461 e. The summed E-state index contributed by atoms with van der Waals surface area (Å²) in [6.45, 7) is 3.21. The molecule has 8 heteroatoms. The first kappa shape index (κ1) is 22.0. The van der Waals surface area contributed by atoms with Crippen LogP contribution in [0.3, 0.4) is 0 Å². The number of carbonyl (C=O) groups is 1. The summed E-state index contributed by atoms with van der Waals surface area (Å²) in [6.07, 6.45) is 3.66. The van der Waals surface area contributed by atoms with E-state index in [4.69, 9.17) is 4.42 Å². The minimum absolute atomic E-state index is 0.0381. The summed E-state index contributed by atoms with van der Waals surface area (Å²) in [5.74, 6) is 1.58. The van der Waals surface area contributed by atoms with E-state index >= 15 is 0 Å². The van der Waals surface area contributed by atoms with Gasteiger partial charge in [0, 0.05) is 36.1 Å². The highest BCUT2D eigenvalue weighted by Crippen LogP contribution is 2.30. The molecule has 1 unspecified atom stereocenters. The summed E-state index contributed by atoms with van der Waals surface area (Å²) in [5, 5.41) is 13.5. The number of hydrogen-bond donors (Lipinski definition) is 2. The van der Waals surface area contributed by atoms with Crippen molar-refractivity contribution in [2.45, 2.75) is 24.5 Å². The highest BCUT2D eigenvalue weighted by Gasteiger charge is 2.20. The molecule has 0 aliphatic rings. The van der Waals surface area contributed by atoms with E-state index < -0.39 is 0 Å². The highest BCUT2D eigenvalue weighted by atomic mass is 32.2. The molecule has 0 radical (unpaired) electrons. The number of nitrogens with one attached hydrogen (secondary N) is 2. The number of benzene rings is 2. The van der Waals surface area contributed by atoms with Crippen molar-refractivity contribution in [3.8, 4) is 11.6 Å². The maximum absolute atomic E-state index is 12.8. The largest absolute Gasteiger partial charge is 0.461 e. The van der Waals surface area contributed by atoms with Crippen molar-refractivity contribution in [2.24, 2.45) is 0 Å². The Balaban J connectivity index is 1.29. The predicted octanol–water partition coefficient (Wildman–Crippen LogP) is 5.08. The van der Waals surface area contributed by atoms with Gasteiger partial charge in [0.15, 0.2) is 16.7 Å². The SMILES string of the molecule is CCn1c(SCC(=O)NCC(c2ccccc2)c2c[nH]c3ccccc23)nnc1-c1ccco1. The maximum Gasteiger partial charge on any atom is 0.230 e. The van der Waals surface area contributed by atoms with Crippen LogP contribution in [-0.2, 0) is 11.3 Å². The van der Waals surface area contributed by atoms with Crippen LogP contribution < -0.4 is 5.32 Å². The molecule has 0 bridgehead atoms. The Kier molecular flexibility index (Phi) is 6.49. The number of furan rings is 1. The van der Waals surface area contributed by atoms with Gasteiger partial charge >= 0.3 is 0 Å². The van der Waals surface area contributed by atoms with E-state index in [1.165, 1.54) is 22.7 Å². The van der Waals surface area contributed by atoms with Crippen molar-refractivity contribution in [1.82, 2.24) is 25.1 Å². The molecule has 2 N–H and O–H groups in total. The van der Waals surface area contributed by atoms with Crippen LogP contribution in [0.25, 0.3) is 22.5 Å². The molecule has 3 heterocycles. The molecule has 1 atom stereocenters. The van der Waals surface area contributed by atoms with Gasteiger partial charge in [0.05, 0.1) is 12.0 Å². The number of rotatable bonds is 9. The van der Waals surface area contributed by atoms with Crippen LogP contribution >= 0.6 is 11.8 Å². The summed E-state index contributed by atoms with van der Waals surface area (Å²) in [4.78, 5) is 16.2. The Morgan fingerprint density at radius 1 is 1.09 bits per heavy atom. The van der Waals surface area contributed by atoms with E-state index in [0.29, 0.717) is 29.8 Å². The third-order valence-corrected chi connectivity index (χ3v) is 6.78. The zero-order valence-electron chi connectivity index (χ0n) is 18.8. The summed E-state index contributed by atoms with van der Waals surface area (Å²) in [6, 6.07) is 22.2. The van der Waals surface area contributed by atoms with E-state index in [-0.39, 0.29) is 17.6 Å². The first-order chi connectivity index (χ1) is 16.7. The first-order valence-corrected chi connectivity index (χ1v) is 12.2. The quantitative estimate of drug-likeness (QED) is 0.293. The molecule has 0 aliphatic carbocycles. The van der Waals surface area contributed by atoms with Crippen molar-refractivity contribution in [3.63, 3.8) is 0 Å². The summed E-state index contributed by atoms with van der Waals surface area (Å²) < 4.78 is 7.41. The van der Waals surface area contributed by atoms with Crippen LogP contribution in [0.15, 0.2) is 88.8 Å². The van der Waals surface area contributed by atoms with Gasteiger partial charge in [-0.1, -0.05) is 60.3 Å². The van der Waals surface area contributed by atoms with E-state index in [1.54, 1.807) is 6.26 Å². The molecule has 172 valence electrons. The fourth-order valence-electron chi connectivity index (χ4n) is 4.14. The molecular weight excluding hydrogens is 446 g/mol. The number of aromatic amines is 1. The molecule has 5 rings (SSSR count). The van der Waals surface area contributed by atoms with Gasteiger partial charge in [-0.2, -0.15) is 0 Å². The van der Waals surface area contributed by atoms with Crippen molar-refractivity contribution in [3.05, 3.63) is 90.3 Å². The lowest BCUT2D eigenvalue weighted by atomic mass is 9.91. The fourth-order valence-corrected chi connectivity index (χ4v) is 4.97. The van der Waals surface area contributed by atoms with Crippen LogP contribution in [0.5, 0.6) is 0 Å². The lowest BCUT2D eigenvalue weighted by Crippen LogP contribution is -2.30. The van der Waals surface area contributed by atoms with Crippen molar-refractivity contribution in [2.75, 3.05) is 12.3 Å². The summed E-state index contributed by atoms with van der Waals surface area (Å²) in [7, 11) is 0. The fraction of sp³-hybridized carbons (Fsp3) is 0.192. The Labute approximate surface area is 201 Å². The Bertz CT molecular complexity index is 1380. The number of H-pyrrole nitrogens is 1. The van der Waals surface area contributed by atoms with Gasteiger partial charge in [0.1, 0.15) is 0 Å². The average molecular weight is 472 g/mol. The second kappa shape index (κ2) is 10.0. The molecule has 3 aromatic heterocycles. The summed E-state index contributed by atoms with van der Waals surface area (Å²) in [5.41, 5.74) is 3.42. The Morgan fingerprint density at radius 3 is 2.71 bits per heavy atom. The minimum atomic E-state index is -0.0454. The van der Waals surface area contributed by atoms with Crippen molar-refractivity contribution in [1.29, 1.82) is 0 Å². The maximum atomic E-state index is 12.8. The third kappa shape index (κ3) is 4.49. The molecule has 5 aromatic rings. The van der Waals surface area contributed by atoms with Gasteiger partial charge in [0.2, 0.25) is 5.91 Å². The number of hydrogen-bond acceptors (Lipinski definition) is 5. The molecule has 0 saturated heterocycles. The Hall–Kier alpha value is -3.78. The number of nitrogens with zero attached hydrogens (tertiary/aromatic N) is 3. The van der Waals surface area contributed by atoms with Gasteiger partial charge in [-0.05, 0) is 36.2 Å². The lowest BCUT2D eigenvalue weighted by Gasteiger charge is -2.18. The van der Waals surface area contributed by atoms with Crippen molar-refractivity contribution >= 4 is 28.6 Å². The molecular formula is C26H25N5O2S. The molecule has 0 fully saturated rings. The molecule has 2 aromatic carbocycles. The molecule has 34 heavy (non-hydrogen) atoms. The average Bonchev–Trinajstić information content (AvgIpc) is 3.63. The van der Waals surface area contributed by atoms with E-state index in [2.05, 4.69) is 44.8 Å². The topological polar surface area (TPSA) is 88.7 Å². The van der Waals surface area contributed by atoms with Gasteiger partial charge in [-0.3, -0.25) is 9.36 Å². The summed E-state index contributed by atoms with van der Waals surface area (Å²) >= 11 is 1.37. The van der Waals surface area contributed by atoms with Gasteiger partial charge in [0.25, 0.3) is 0 Å². The molecule has 0 saturated carbocycles. The predicted molar refractivity (Wildman–Crippen MR) is 134 cm³/mol. The van der Waals surface area contributed by atoms with E-state index in [0.717, 1.165) is 11.1 Å². The number of amides is 1. The normalized spacial score (nSPS) is 12.1. The van der Waals surface area contributed by atoms with Crippen LogP contribution in [0.2, 0.25) is 0 Å². The van der Waals surface area contributed by atoms with Crippen molar-refractivity contribution < 1.29 is 9.21 Å². The zero-order chi connectivity index (χ0) is 23.3. The number of thioether (sulfide) groups is 1. The molecule has 0 aliphatic heterocycles. The number of fused-ring (bicyclic) bond motifs is 1. The molecule has 1 amide bonds. The third-order valence-electron chi connectivity index (χ3n) is 5.81. The van der Waals surface area contributed by atoms with Gasteiger partial charge in [-0.25, -0.2) is 0 Å². The molecule has 7 nitrogen and oxygen atoms in total. The number of carbonyl (C=O) groups excluding carboxylic acids is 1. The molecule has 0 spiro atoms. The number of aromatic nitrogens is 4. The van der Waals surface area contributed by atoms with Crippen LogP contribution in [0.1, 0.15) is 24.0 Å². The highest BCUT2D eigenvalue weighted by molar-refractivity contribution is 7.99. The van der Waals surface area contributed by atoms with Gasteiger partial charge < -0.3 is 14.7 Å². The number of para-hydroxylation sites is 1. The van der Waals surface area contributed by atoms with Crippen LogP contribution in [-0.4, -0.2) is 38.0 Å². The van der Waals surface area contributed by atoms with E-state index in [1.807, 2.05) is 60.2 Å². The second-order valence-corrected chi connectivity index (χ2v) is 8.82. The lowest BCUT2D eigenvalue weighted by molar-refractivity contribution is -0.118. The zero-order valence-corrected chi connectivity index (χ0v) is 19.6. The van der Waals surface area contributed by atoms with Crippen LogP contribution in [0.4, 0.5) is 0 Å². The smallest absolute Gasteiger partial charge is 0.230 e. The standard InChI is InChI=1S/C26H25N5O2S/c1-2-31-25(23-13-8-14-33-23)29-30-26(31)34-17-24(32)28-15-20(18-9-4-3-5-10-18)21-16-27-22-12-7-6-11-19(21)22/h3-14,16,20,27H,2,15,17H2,1H3,(H,28,32). The monoisotopic (exact) mass is 471 g/mol. The Morgan fingerprint density at radius 2 is 1.91 bits per heavy atom. The second-order valence-electron chi connectivity index (χ2n) is 7.87. The van der Waals surface area contributed by atoms with Gasteiger partial charge in [-0.15, -0.1) is 10.2 Å². The van der Waals surface area contributed by atoms with Crippen LogP contribution in [0, 0.1) is 0 Å². The first-order valence-electron chi connectivity index (χ1n) is 11.2.